The van der Waals surface area contributed by atoms with Crippen LogP contribution in [-0.4, -0.2) is 56.0 Å². The number of hydrogen-bond donors (Lipinski definition) is 1. The SMILES string of the molecule is CCN1CCN(c2ccc(NC(=O)C3CC(=O)N(c4ccccc4Cl)C3)cc2)CC1. The number of anilines is 3. The highest BCUT2D eigenvalue weighted by atomic mass is 35.5. The molecule has 0 saturated carbocycles. The van der Waals surface area contributed by atoms with Crippen LogP contribution in [0.25, 0.3) is 0 Å². The van der Waals surface area contributed by atoms with Gasteiger partial charge in [-0.3, -0.25) is 9.59 Å². The van der Waals surface area contributed by atoms with Crippen LogP contribution in [0.2, 0.25) is 5.02 Å². The zero-order chi connectivity index (χ0) is 21.1. The highest BCUT2D eigenvalue weighted by Gasteiger charge is 2.35. The molecule has 0 spiro atoms. The van der Waals surface area contributed by atoms with Gasteiger partial charge in [0.15, 0.2) is 0 Å². The van der Waals surface area contributed by atoms with E-state index in [1.807, 2.05) is 36.4 Å². The lowest BCUT2D eigenvalue weighted by molar-refractivity contribution is -0.122. The van der Waals surface area contributed by atoms with Gasteiger partial charge in [-0.1, -0.05) is 30.7 Å². The van der Waals surface area contributed by atoms with Gasteiger partial charge < -0.3 is 20.0 Å². The van der Waals surface area contributed by atoms with Crippen LogP contribution in [0, 0.1) is 5.92 Å². The van der Waals surface area contributed by atoms with Gasteiger partial charge in [0.25, 0.3) is 0 Å². The van der Waals surface area contributed by atoms with Crippen LogP contribution >= 0.6 is 11.6 Å². The number of halogens is 1. The third-order valence-electron chi connectivity index (χ3n) is 5.96. The molecule has 0 radical (unpaired) electrons. The van der Waals surface area contributed by atoms with Gasteiger partial charge in [0, 0.05) is 50.5 Å². The predicted octanol–water partition coefficient (Wildman–Crippen LogP) is 3.47. The van der Waals surface area contributed by atoms with Gasteiger partial charge >= 0.3 is 0 Å². The van der Waals surface area contributed by atoms with E-state index in [2.05, 4.69) is 22.0 Å². The summed E-state index contributed by atoms with van der Waals surface area (Å²) in [6.45, 7) is 7.81. The Kier molecular flexibility index (Phi) is 6.25. The molecule has 1 N–H and O–H groups in total. The molecule has 2 aliphatic rings. The molecule has 158 valence electrons. The van der Waals surface area contributed by atoms with Crippen LogP contribution in [0.5, 0.6) is 0 Å². The molecular weight excluding hydrogens is 400 g/mol. The Balaban J connectivity index is 1.35. The number of nitrogens with zero attached hydrogens (tertiary/aromatic N) is 3. The van der Waals surface area contributed by atoms with Crippen molar-refractivity contribution in [3.05, 3.63) is 53.6 Å². The molecule has 0 aromatic heterocycles. The van der Waals surface area contributed by atoms with Crippen LogP contribution < -0.4 is 15.1 Å². The van der Waals surface area contributed by atoms with E-state index >= 15 is 0 Å². The summed E-state index contributed by atoms with van der Waals surface area (Å²) in [6.07, 6.45) is 0.191. The Bertz CT molecular complexity index is 910. The Labute approximate surface area is 182 Å². The Morgan fingerprint density at radius 3 is 2.43 bits per heavy atom. The second-order valence-corrected chi connectivity index (χ2v) is 8.22. The first kappa shape index (κ1) is 20.7. The van der Waals surface area contributed by atoms with Crippen molar-refractivity contribution in [3.8, 4) is 0 Å². The maximum absolute atomic E-state index is 12.7. The van der Waals surface area contributed by atoms with Gasteiger partial charge in [-0.15, -0.1) is 0 Å². The Morgan fingerprint density at radius 2 is 1.77 bits per heavy atom. The molecule has 2 aromatic rings. The van der Waals surface area contributed by atoms with Crippen molar-refractivity contribution < 1.29 is 9.59 Å². The number of nitrogens with one attached hydrogen (secondary N) is 1. The molecule has 2 saturated heterocycles. The number of benzene rings is 2. The van der Waals surface area contributed by atoms with Crippen molar-refractivity contribution in [2.24, 2.45) is 5.92 Å². The molecular formula is C23H27ClN4O2. The number of likely N-dealkylation sites (N-methyl/N-ethyl adjacent to an activating group) is 1. The lowest BCUT2D eigenvalue weighted by atomic mass is 10.1. The summed E-state index contributed by atoms with van der Waals surface area (Å²) in [5.41, 5.74) is 2.58. The smallest absolute Gasteiger partial charge is 0.229 e. The van der Waals surface area contributed by atoms with Gasteiger partial charge in [0.05, 0.1) is 16.6 Å². The molecule has 2 fully saturated rings. The number of hydrogen-bond acceptors (Lipinski definition) is 4. The molecule has 1 atom stereocenters. The average Bonchev–Trinajstić information content (AvgIpc) is 3.16. The maximum atomic E-state index is 12.7. The molecule has 2 aromatic carbocycles. The van der Waals surface area contributed by atoms with Crippen LogP contribution in [0.15, 0.2) is 48.5 Å². The lowest BCUT2D eigenvalue weighted by Crippen LogP contribution is -2.46. The minimum absolute atomic E-state index is 0.0789. The third-order valence-corrected chi connectivity index (χ3v) is 6.28. The van der Waals surface area contributed by atoms with E-state index in [0.29, 0.717) is 17.3 Å². The standard InChI is InChI=1S/C23H27ClN4O2/c1-2-26-11-13-27(14-12-26)19-9-7-18(8-10-19)25-23(30)17-15-22(29)28(16-17)21-6-4-3-5-20(21)24/h3-10,17H,2,11-16H2,1H3,(H,25,30). The number of amides is 2. The second-order valence-electron chi connectivity index (χ2n) is 7.81. The van der Waals surface area contributed by atoms with Crippen molar-refractivity contribution in [3.63, 3.8) is 0 Å². The topological polar surface area (TPSA) is 55.9 Å². The van der Waals surface area contributed by atoms with E-state index in [-0.39, 0.29) is 18.2 Å². The summed E-state index contributed by atoms with van der Waals surface area (Å²) in [4.78, 5) is 31.6. The average molecular weight is 427 g/mol. The second kappa shape index (κ2) is 9.06. The molecule has 1 unspecified atom stereocenters. The van der Waals surface area contributed by atoms with Crippen molar-refractivity contribution in [2.45, 2.75) is 13.3 Å². The number of carbonyl (C=O) groups excluding carboxylic acids is 2. The quantitative estimate of drug-likeness (QED) is 0.795. The number of rotatable bonds is 5. The molecule has 6 nitrogen and oxygen atoms in total. The molecule has 2 amide bonds. The van der Waals surface area contributed by atoms with Crippen LogP contribution in [-0.2, 0) is 9.59 Å². The lowest BCUT2D eigenvalue weighted by Gasteiger charge is -2.35. The normalized spacial score (nSPS) is 19.9. The summed E-state index contributed by atoms with van der Waals surface area (Å²) in [6, 6.07) is 15.2. The van der Waals surface area contributed by atoms with Crippen molar-refractivity contribution in [1.29, 1.82) is 0 Å². The molecule has 30 heavy (non-hydrogen) atoms. The molecule has 0 bridgehead atoms. The fourth-order valence-electron chi connectivity index (χ4n) is 4.11. The first-order chi connectivity index (χ1) is 14.5. The van der Waals surface area contributed by atoms with Gasteiger partial charge in [0.2, 0.25) is 11.8 Å². The first-order valence-corrected chi connectivity index (χ1v) is 10.9. The maximum Gasteiger partial charge on any atom is 0.229 e. The summed E-state index contributed by atoms with van der Waals surface area (Å²) in [7, 11) is 0. The van der Waals surface area contributed by atoms with E-state index in [1.165, 1.54) is 5.69 Å². The number of piperazine rings is 1. The molecule has 4 rings (SSSR count). The third kappa shape index (κ3) is 4.45. The largest absolute Gasteiger partial charge is 0.369 e. The predicted molar refractivity (Wildman–Crippen MR) is 121 cm³/mol. The molecule has 7 heteroatoms. The fourth-order valence-corrected chi connectivity index (χ4v) is 4.35. The van der Waals surface area contributed by atoms with E-state index in [4.69, 9.17) is 11.6 Å². The highest BCUT2D eigenvalue weighted by Crippen LogP contribution is 2.31. The van der Waals surface area contributed by atoms with Crippen molar-refractivity contribution in [2.75, 3.05) is 54.4 Å². The zero-order valence-electron chi connectivity index (χ0n) is 17.2. The van der Waals surface area contributed by atoms with Crippen LogP contribution in [0.1, 0.15) is 13.3 Å². The monoisotopic (exact) mass is 426 g/mol. The van der Waals surface area contributed by atoms with Crippen molar-refractivity contribution >= 4 is 40.5 Å². The summed E-state index contributed by atoms with van der Waals surface area (Å²) in [5, 5.41) is 3.48. The summed E-state index contributed by atoms with van der Waals surface area (Å²) < 4.78 is 0. The Hall–Kier alpha value is -2.57. The van der Waals surface area contributed by atoms with Gasteiger partial charge in [-0.2, -0.15) is 0 Å². The molecule has 2 aliphatic heterocycles. The van der Waals surface area contributed by atoms with Crippen molar-refractivity contribution in [1.82, 2.24) is 4.90 Å². The minimum atomic E-state index is -0.393. The van der Waals surface area contributed by atoms with Gasteiger partial charge in [-0.25, -0.2) is 0 Å². The van der Waals surface area contributed by atoms with E-state index in [1.54, 1.807) is 17.0 Å². The van der Waals surface area contributed by atoms with Crippen LogP contribution in [0.3, 0.4) is 0 Å². The first-order valence-electron chi connectivity index (χ1n) is 10.5. The van der Waals surface area contributed by atoms with E-state index in [0.717, 1.165) is 38.4 Å². The minimum Gasteiger partial charge on any atom is -0.369 e. The van der Waals surface area contributed by atoms with E-state index in [9.17, 15) is 9.59 Å². The Morgan fingerprint density at radius 1 is 1.07 bits per heavy atom. The van der Waals surface area contributed by atoms with E-state index < -0.39 is 5.92 Å². The molecule has 2 heterocycles. The highest BCUT2D eigenvalue weighted by molar-refractivity contribution is 6.33. The number of carbonyl (C=O) groups is 2. The number of para-hydroxylation sites is 1. The summed E-state index contributed by atoms with van der Waals surface area (Å²) >= 11 is 6.22. The van der Waals surface area contributed by atoms with Crippen LogP contribution in [0.4, 0.5) is 17.1 Å². The zero-order valence-corrected chi connectivity index (χ0v) is 17.9. The summed E-state index contributed by atoms with van der Waals surface area (Å²) in [5.74, 6) is -0.609. The van der Waals surface area contributed by atoms with Gasteiger partial charge in [0.1, 0.15) is 0 Å². The fraction of sp³-hybridized carbons (Fsp3) is 0.391. The van der Waals surface area contributed by atoms with Gasteiger partial charge in [-0.05, 0) is 42.9 Å². The molecule has 0 aliphatic carbocycles.